The number of amides is 2. The number of nitrogens with one attached hydrogen (secondary N) is 2. The van der Waals surface area contributed by atoms with Gasteiger partial charge in [-0.15, -0.1) is 0 Å². The molecular weight excluding hydrogens is 373 g/mol. The van der Waals surface area contributed by atoms with Crippen LogP contribution < -0.4 is 20.1 Å². The topological polar surface area (TPSA) is 106 Å². The Balaban J connectivity index is 2.07. The van der Waals surface area contributed by atoms with Gasteiger partial charge in [-0.05, 0) is 24.6 Å². The summed E-state index contributed by atoms with van der Waals surface area (Å²) in [5.74, 6) is -2.86. The molecule has 0 spiro atoms. The SMILES string of the molecule is CCOC(=O)C1C(c2ccc3c(c2)OCCO3)NC(=O)NC1(O)C(F)(F)F. The van der Waals surface area contributed by atoms with Crippen molar-refractivity contribution < 1.29 is 42.1 Å². The number of esters is 1. The average Bonchev–Trinajstić information content (AvgIpc) is 2.59. The molecule has 3 rings (SSSR count). The Morgan fingerprint density at radius 3 is 2.63 bits per heavy atom. The predicted octanol–water partition coefficient (Wildman–Crippen LogP) is 1.24. The summed E-state index contributed by atoms with van der Waals surface area (Å²) in [7, 11) is 0. The molecule has 2 aliphatic rings. The molecule has 1 aromatic rings. The van der Waals surface area contributed by atoms with E-state index in [9.17, 15) is 27.9 Å². The number of alkyl halides is 3. The molecule has 148 valence electrons. The van der Waals surface area contributed by atoms with E-state index in [-0.39, 0.29) is 24.5 Å². The van der Waals surface area contributed by atoms with Crippen molar-refractivity contribution in [1.82, 2.24) is 10.6 Å². The summed E-state index contributed by atoms with van der Waals surface area (Å²) < 4.78 is 56.2. The van der Waals surface area contributed by atoms with Crippen LogP contribution in [0.4, 0.5) is 18.0 Å². The number of rotatable bonds is 3. The minimum Gasteiger partial charge on any atom is -0.486 e. The van der Waals surface area contributed by atoms with Crippen molar-refractivity contribution in [2.45, 2.75) is 24.9 Å². The van der Waals surface area contributed by atoms with Crippen LogP contribution in [0.1, 0.15) is 18.5 Å². The van der Waals surface area contributed by atoms with Crippen molar-refractivity contribution in [2.24, 2.45) is 5.92 Å². The van der Waals surface area contributed by atoms with Crippen LogP contribution in [-0.4, -0.2) is 48.8 Å². The minimum atomic E-state index is -5.33. The number of hydrogen-bond acceptors (Lipinski definition) is 6. The van der Waals surface area contributed by atoms with E-state index in [1.807, 2.05) is 0 Å². The zero-order valence-electron chi connectivity index (χ0n) is 14.1. The summed E-state index contributed by atoms with van der Waals surface area (Å²) in [6.45, 7) is 1.77. The number of carbonyl (C=O) groups excluding carboxylic acids is 2. The van der Waals surface area contributed by atoms with Gasteiger partial charge in [0.15, 0.2) is 11.5 Å². The summed E-state index contributed by atoms with van der Waals surface area (Å²) in [5, 5.41) is 13.9. The van der Waals surface area contributed by atoms with E-state index >= 15 is 0 Å². The number of hydrogen-bond donors (Lipinski definition) is 3. The van der Waals surface area contributed by atoms with Crippen molar-refractivity contribution >= 4 is 12.0 Å². The second-order valence-electron chi connectivity index (χ2n) is 5.97. The highest BCUT2D eigenvalue weighted by Gasteiger charge is 2.67. The van der Waals surface area contributed by atoms with Gasteiger partial charge in [0, 0.05) is 0 Å². The quantitative estimate of drug-likeness (QED) is 0.671. The molecule has 2 amide bonds. The maximum Gasteiger partial charge on any atom is 0.437 e. The van der Waals surface area contributed by atoms with Crippen LogP contribution in [-0.2, 0) is 9.53 Å². The van der Waals surface area contributed by atoms with Gasteiger partial charge in [0.2, 0.25) is 0 Å². The number of aliphatic hydroxyl groups is 1. The first-order chi connectivity index (χ1) is 12.7. The lowest BCUT2D eigenvalue weighted by atomic mass is 9.82. The molecule has 0 aliphatic carbocycles. The van der Waals surface area contributed by atoms with E-state index in [0.717, 1.165) is 0 Å². The number of benzene rings is 1. The van der Waals surface area contributed by atoms with Gasteiger partial charge in [-0.1, -0.05) is 6.07 Å². The van der Waals surface area contributed by atoms with Crippen LogP contribution in [0.3, 0.4) is 0 Å². The van der Waals surface area contributed by atoms with Gasteiger partial charge in [0.05, 0.1) is 12.6 Å². The number of ether oxygens (including phenoxy) is 3. The highest BCUT2D eigenvalue weighted by Crippen LogP contribution is 2.44. The Morgan fingerprint density at radius 2 is 2.00 bits per heavy atom. The molecule has 11 heteroatoms. The Labute approximate surface area is 151 Å². The smallest absolute Gasteiger partial charge is 0.437 e. The highest BCUT2D eigenvalue weighted by molar-refractivity contribution is 5.83. The molecule has 27 heavy (non-hydrogen) atoms. The summed E-state index contributed by atoms with van der Waals surface area (Å²) >= 11 is 0. The number of carbonyl (C=O) groups is 2. The van der Waals surface area contributed by atoms with Gasteiger partial charge in [0.25, 0.3) is 5.72 Å². The van der Waals surface area contributed by atoms with Gasteiger partial charge < -0.3 is 30.0 Å². The van der Waals surface area contributed by atoms with Crippen LogP contribution in [0.25, 0.3) is 0 Å². The van der Waals surface area contributed by atoms with Crippen molar-refractivity contribution in [3.63, 3.8) is 0 Å². The van der Waals surface area contributed by atoms with E-state index in [0.29, 0.717) is 12.4 Å². The van der Waals surface area contributed by atoms with Crippen LogP contribution in [0.2, 0.25) is 0 Å². The molecule has 1 aromatic carbocycles. The second-order valence-corrected chi connectivity index (χ2v) is 5.97. The summed E-state index contributed by atoms with van der Waals surface area (Å²) in [4.78, 5) is 24.1. The summed E-state index contributed by atoms with van der Waals surface area (Å²) in [6, 6.07) is 1.39. The molecule has 8 nitrogen and oxygen atoms in total. The van der Waals surface area contributed by atoms with Crippen LogP contribution in [0, 0.1) is 5.92 Å². The molecule has 3 unspecified atom stereocenters. The van der Waals surface area contributed by atoms with E-state index in [1.54, 1.807) is 0 Å². The molecule has 3 atom stereocenters. The van der Waals surface area contributed by atoms with Gasteiger partial charge in [-0.25, -0.2) is 4.79 Å². The maximum atomic E-state index is 13.6. The fraction of sp³-hybridized carbons (Fsp3) is 0.500. The number of fused-ring (bicyclic) bond motifs is 1. The molecular formula is C16H17F3N2O6. The van der Waals surface area contributed by atoms with Crippen molar-refractivity contribution in [3.8, 4) is 11.5 Å². The predicted molar refractivity (Wildman–Crippen MR) is 83.0 cm³/mol. The maximum absolute atomic E-state index is 13.6. The Hall–Kier alpha value is -2.69. The fourth-order valence-electron chi connectivity index (χ4n) is 3.07. The van der Waals surface area contributed by atoms with E-state index in [4.69, 9.17) is 14.2 Å². The third-order valence-electron chi connectivity index (χ3n) is 4.27. The van der Waals surface area contributed by atoms with Gasteiger partial charge in [-0.2, -0.15) is 13.2 Å². The van der Waals surface area contributed by atoms with Crippen molar-refractivity contribution in [3.05, 3.63) is 23.8 Å². The molecule has 3 N–H and O–H groups in total. The second kappa shape index (κ2) is 6.80. The highest BCUT2D eigenvalue weighted by atomic mass is 19.4. The Kier molecular flexibility index (Phi) is 4.81. The lowest BCUT2D eigenvalue weighted by molar-refractivity contribution is -0.294. The normalized spacial score (nSPS) is 27.4. The fourth-order valence-corrected chi connectivity index (χ4v) is 3.07. The first-order valence-corrected chi connectivity index (χ1v) is 8.11. The molecule has 0 saturated carbocycles. The summed E-state index contributed by atoms with van der Waals surface area (Å²) in [5.41, 5.74) is -3.69. The number of urea groups is 1. The lowest BCUT2D eigenvalue weighted by Gasteiger charge is -2.44. The van der Waals surface area contributed by atoms with Crippen LogP contribution >= 0.6 is 0 Å². The zero-order valence-corrected chi connectivity index (χ0v) is 14.1. The third kappa shape index (κ3) is 3.34. The standard InChI is InChI=1S/C16H17F3N2O6/c1-2-25-13(22)11-12(20-14(23)21-15(11,24)16(17,18)19)8-3-4-9-10(7-8)27-6-5-26-9/h3-4,7,11-12,24H,2,5-6H2,1H3,(H2,20,21,23). The molecule has 2 heterocycles. The average molecular weight is 390 g/mol. The van der Waals surface area contributed by atoms with Gasteiger partial charge >= 0.3 is 18.2 Å². The van der Waals surface area contributed by atoms with Crippen LogP contribution in [0.5, 0.6) is 11.5 Å². The van der Waals surface area contributed by atoms with Crippen molar-refractivity contribution in [2.75, 3.05) is 19.8 Å². The Bertz CT molecular complexity index is 756. The van der Waals surface area contributed by atoms with E-state index in [2.05, 4.69) is 5.32 Å². The first-order valence-electron chi connectivity index (χ1n) is 8.11. The molecule has 0 bridgehead atoms. The third-order valence-corrected chi connectivity index (χ3v) is 4.27. The molecule has 1 fully saturated rings. The largest absolute Gasteiger partial charge is 0.486 e. The Morgan fingerprint density at radius 1 is 1.33 bits per heavy atom. The monoisotopic (exact) mass is 390 g/mol. The number of halogens is 3. The van der Waals surface area contributed by atoms with Gasteiger partial charge in [0.1, 0.15) is 19.1 Å². The van der Waals surface area contributed by atoms with E-state index in [1.165, 1.54) is 30.4 Å². The zero-order chi connectivity index (χ0) is 19.8. The molecule has 0 aromatic heterocycles. The molecule has 0 radical (unpaired) electrons. The lowest BCUT2D eigenvalue weighted by Crippen LogP contribution is -2.73. The minimum absolute atomic E-state index is 0.120. The molecule has 2 aliphatic heterocycles. The van der Waals surface area contributed by atoms with Crippen molar-refractivity contribution in [1.29, 1.82) is 0 Å². The van der Waals surface area contributed by atoms with Crippen LogP contribution in [0.15, 0.2) is 18.2 Å². The summed E-state index contributed by atoms with van der Waals surface area (Å²) in [6.07, 6.45) is -5.33. The first kappa shape index (κ1) is 19.1. The van der Waals surface area contributed by atoms with Gasteiger partial charge in [-0.3, -0.25) is 4.79 Å². The van der Waals surface area contributed by atoms with E-state index < -0.39 is 35.9 Å². The molecule has 1 saturated heterocycles.